The zero-order valence-corrected chi connectivity index (χ0v) is 19.3. The summed E-state index contributed by atoms with van der Waals surface area (Å²) in [6, 6.07) is 3.96. The van der Waals surface area contributed by atoms with Crippen LogP contribution in [-0.4, -0.2) is 41.2 Å². The fourth-order valence-electron chi connectivity index (χ4n) is 3.75. The van der Waals surface area contributed by atoms with Crippen molar-refractivity contribution in [2.45, 2.75) is 57.4 Å². The van der Waals surface area contributed by atoms with Gasteiger partial charge in [-0.3, -0.25) is 4.79 Å². The van der Waals surface area contributed by atoms with E-state index < -0.39 is 16.0 Å². The number of aryl methyl sites for hydroxylation is 1. The van der Waals surface area contributed by atoms with Crippen molar-refractivity contribution in [1.82, 2.24) is 14.5 Å². The normalized spacial score (nSPS) is 14.7. The van der Waals surface area contributed by atoms with Crippen molar-refractivity contribution in [1.29, 1.82) is 0 Å². The third-order valence-electron chi connectivity index (χ3n) is 5.25. The van der Waals surface area contributed by atoms with Crippen LogP contribution in [0.15, 0.2) is 23.1 Å². The number of nitrogens with zero attached hydrogens (tertiary/aromatic N) is 2. The topological polar surface area (TPSA) is 140 Å². The number of ether oxygens (including phenoxy) is 1. The standard InChI is InChI=1S/C21H28N4O6S/c1-12(2)24-32(29,30)17-11-15(22-19(26)14-7-5-6-8-14)9-10-16(17)31-20-13(3)18(21(27)28)23-25(20)4/h9-12,14,24H,5-8H2,1-4H3,(H,22,26)(H,27,28). The molecule has 174 valence electrons. The van der Waals surface area contributed by atoms with Gasteiger partial charge in [-0.05, 0) is 51.8 Å². The van der Waals surface area contributed by atoms with Crippen LogP contribution in [0.4, 0.5) is 5.69 Å². The van der Waals surface area contributed by atoms with Crippen molar-refractivity contribution in [2.24, 2.45) is 13.0 Å². The zero-order valence-electron chi connectivity index (χ0n) is 18.5. The second-order valence-corrected chi connectivity index (χ2v) is 9.90. The van der Waals surface area contributed by atoms with Gasteiger partial charge in [-0.1, -0.05) is 12.8 Å². The molecule has 2 aromatic rings. The Morgan fingerprint density at radius 1 is 1.25 bits per heavy atom. The Hall–Kier alpha value is -2.92. The summed E-state index contributed by atoms with van der Waals surface area (Å²) in [5, 5.41) is 16.0. The lowest BCUT2D eigenvalue weighted by Gasteiger charge is -2.17. The molecular weight excluding hydrogens is 436 g/mol. The summed E-state index contributed by atoms with van der Waals surface area (Å²) in [5.74, 6) is -1.34. The van der Waals surface area contributed by atoms with Crippen LogP contribution in [0.25, 0.3) is 0 Å². The average molecular weight is 465 g/mol. The number of anilines is 1. The molecule has 10 nitrogen and oxygen atoms in total. The van der Waals surface area contributed by atoms with Gasteiger partial charge in [0.1, 0.15) is 10.6 Å². The van der Waals surface area contributed by atoms with Crippen LogP contribution < -0.4 is 14.8 Å². The van der Waals surface area contributed by atoms with Crippen LogP contribution in [0.1, 0.15) is 55.6 Å². The molecule has 3 N–H and O–H groups in total. The Bertz CT molecular complexity index is 1130. The fraction of sp³-hybridized carbons (Fsp3) is 0.476. The minimum Gasteiger partial charge on any atom is -0.476 e. The predicted octanol–water partition coefficient (Wildman–Crippen LogP) is 3.03. The Morgan fingerprint density at radius 2 is 1.91 bits per heavy atom. The number of hydrogen-bond donors (Lipinski definition) is 3. The monoisotopic (exact) mass is 464 g/mol. The number of hydrogen-bond acceptors (Lipinski definition) is 6. The summed E-state index contributed by atoms with van der Waals surface area (Å²) in [6.07, 6.45) is 3.65. The van der Waals surface area contributed by atoms with Crippen LogP contribution in [0, 0.1) is 12.8 Å². The number of carbonyl (C=O) groups excluding carboxylic acids is 1. The van der Waals surface area contributed by atoms with E-state index in [9.17, 15) is 23.1 Å². The van der Waals surface area contributed by atoms with Gasteiger partial charge < -0.3 is 15.2 Å². The van der Waals surface area contributed by atoms with Crippen LogP contribution in [0.2, 0.25) is 0 Å². The molecule has 0 spiro atoms. The molecule has 3 rings (SSSR count). The summed E-state index contributed by atoms with van der Waals surface area (Å²) in [4.78, 5) is 23.7. The zero-order chi connectivity index (χ0) is 23.6. The van der Waals surface area contributed by atoms with Crippen LogP contribution in [0.5, 0.6) is 11.6 Å². The van der Waals surface area contributed by atoms with Gasteiger partial charge in [0, 0.05) is 30.3 Å². The number of benzene rings is 1. The first-order chi connectivity index (χ1) is 15.0. The van der Waals surface area contributed by atoms with E-state index in [0.29, 0.717) is 5.69 Å². The second-order valence-electron chi connectivity index (χ2n) is 8.22. The Labute approximate surface area is 187 Å². The van der Waals surface area contributed by atoms with Crippen LogP contribution >= 0.6 is 0 Å². The molecule has 1 aliphatic rings. The quantitative estimate of drug-likeness (QED) is 0.545. The number of carboxylic acids is 1. The number of aromatic carboxylic acids is 1. The first kappa shape index (κ1) is 23.7. The molecule has 0 saturated heterocycles. The molecule has 0 atom stereocenters. The third-order valence-corrected chi connectivity index (χ3v) is 6.93. The van der Waals surface area contributed by atoms with Gasteiger partial charge in [0.2, 0.25) is 21.8 Å². The molecule has 0 unspecified atom stereocenters. The summed E-state index contributed by atoms with van der Waals surface area (Å²) in [6.45, 7) is 4.91. The maximum absolute atomic E-state index is 13.0. The van der Waals surface area contributed by atoms with E-state index in [1.165, 1.54) is 30.8 Å². The van der Waals surface area contributed by atoms with Gasteiger partial charge in [-0.15, -0.1) is 0 Å². The molecule has 32 heavy (non-hydrogen) atoms. The van der Waals surface area contributed by atoms with Gasteiger partial charge in [0.05, 0.1) is 0 Å². The van der Waals surface area contributed by atoms with Crippen molar-refractivity contribution < 1.29 is 27.9 Å². The van der Waals surface area contributed by atoms with E-state index in [2.05, 4.69) is 15.1 Å². The highest BCUT2D eigenvalue weighted by Gasteiger charge is 2.27. The van der Waals surface area contributed by atoms with Gasteiger partial charge in [-0.2, -0.15) is 5.10 Å². The van der Waals surface area contributed by atoms with Gasteiger partial charge in [-0.25, -0.2) is 22.6 Å². The lowest BCUT2D eigenvalue weighted by Crippen LogP contribution is -2.30. The van der Waals surface area contributed by atoms with Crippen molar-refractivity contribution in [3.05, 3.63) is 29.5 Å². The summed E-state index contributed by atoms with van der Waals surface area (Å²) in [7, 11) is -2.49. The van der Waals surface area contributed by atoms with E-state index in [-0.39, 0.29) is 45.6 Å². The SMILES string of the molecule is Cc1c(C(=O)O)nn(C)c1Oc1ccc(NC(=O)C2CCCC2)cc1S(=O)(=O)NC(C)C. The highest BCUT2D eigenvalue weighted by molar-refractivity contribution is 7.89. The van der Waals surface area contributed by atoms with Crippen molar-refractivity contribution in [2.75, 3.05) is 5.32 Å². The maximum atomic E-state index is 13.0. The number of nitrogens with one attached hydrogen (secondary N) is 2. The number of aromatic nitrogens is 2. The molecule has 0 aliphatic heterocycles. The number of amides is 1. The van der Waals surface area contributed by atoms with E-state index in [1.807, 2.05) is 0 Å². The number of carbonyl (C=O) groups is 2. The van der Waals surface area contributed by atoms with Crippen LogP contribution in [0.3, 0.4) is 0 Å². The Balaban J connectivity index is 2.00. The lowest BCUT2D eigenvalue weighted by molar-refractivity contribution is -0.119. The highest BCUT2D eigenvalue weighted by atomic mass is 32.2. The minimum atomic E-state index is -4.00. The average Bonchev–Trinajstić information content (AvgIpc) is 3.32. The number of rotatable bonds is 8. The van der Waals surface area contributed by atoms with Crippen LogP contribution in [-0.2, 0) is 21.9 Å². The molecule has 0 radical (unpaired) electrons. The molecule has 0 bridgehead atoms. The summed E-state index contributed by atoms with van der Waals surface area (Å²) < 4.78 is 35.6. The smallest absolute Gasteiger partial charge is 0.356 e. The number of carboxylic acid groups (broad SMARTS) is 1. The molecule has 1 amide bonds. The largest absolute Gasteiger partial charge is 0.476 e. The molecule has 1 aromatic heterocycles. The lowest BCUT2D eigenvalue weighted by atomic mass is 10.1. The van der Waals surface area contributed by atoms with E-state index >= 15 is 0 Å². The maximum Gasteiger partial charge on any atom is 0.356 e. The summed E-state index contributed by atoms with van der Waals surface area (Å²) in [5.41, 5.74) is 0.415. The highest BCUT2D eigenvalue weighted by Crippen LogP contribution is 2.34. The molecule has 1 aromatic carbocycles. The second kappa shape index (κ2) is 9.29. The third kappa shape index (κ3) is 5.10. The molecule has 1 aliphatic carbocycles. The molecular formula is C21H28N4O6S. The van der Waals surface area contributed by atoms with E-state index in [4.69, 9.17) is 4.74 Å². The summed E-state index contributed by atoms with van der Waals surface area (Å²) >= 11 is 0. The van der Waals surface area contributed by atoms with E-state index in [1.54, 1.807) is 19.9 Å². The van der Waals surface area contributed by atoms with Crippen molar-refractivity contribution >= 4 is 27.6 Å². The van der Waals surface area contributed by atoms with Gasteiger partial charge in [0.15, 0.2) is 5.69 Å². The number of sulfonamides is 1. The molecule has 1 fully saturated rings. The fourth-order valence-corrected chi connectivity index (χ4v) is 5.15. The Morgan fingerprint density at radius 3 is 2.47 bits per heavy atom. The van der Waals surface area contributed by atoms with Gasteiger partial charge >= 0.3 is 5.97 Å². The van der Waals surface area contributed by atoms with E-state index in [0.717, 1.165) is 25.7 Å². The van der Waals surface area contributed by atoms with Crippen molar-refractivity contribution in [3.63, 3.8) is 0 Å². The first-order valence-corrected chi connectivity index (χ1v) is 11.9. The van der Waals surface area contributed by atoms with Crippen molar-refractivity contribution in [3.8, 4) is 11.6 Å². The van der Waals surface area contributed by atoms with Gasteiger partial charge in [0.25, 0.3) is 0 Å². The molecule has 11 heteroatoms. The molecule has 1 heterocycles. The minimum absolute atomic E-state index is 0.0138. The predicted molar refractivity (Wildman–Crippen MR) is 117 cm³/mol. The molecule has 1 saturated carbocycles. The first-order valence-electron chi connectivity index (χ1n) is 10.4. The Kier molecular flexibility index (Phi) is 6.89.